The summed E-state index contributed by atoms with van der Waals surface area (Å²) in [5.74, 6) is 0.0557. The summed E-state index contributed by atoms with van der Waals surface area (Å²) in [6, 6.07) is 15.4. The molecule has 1 aromatic heterocycles. The van der Waals surface area contributed by atoms with Crippen molar-refractivity contribution in [1.82, 2.24) is 14.8 Å². The summed E-state index contributed by atoms with van der Waals surface area (Å²) in [7, 11) is 0. The van der Waals surface area contributed by atoms with Crippen LogP contribution in [0.15, 0.2) is 54.7 Å². The lowest BCUT2D eigenvalue weighted by Crippen LogP contribution is -2.59. The van der Waals surface area contributed by atoms with E-state index in [4.69, 9.17) is 0 Å². The van der Waals surface area contributed by atoms with E-state index in [1.54, 1.807) is 18.0 Å². The summed E-state index contributed by atoms with van der Waals surface area (Å²) in [4.78, 5) is 46.3. The van der Waals surface area contributed by atoms with Crippen LogP contribution in [-0.2, 0) is 4.79 Å². The smallest absolute Gasteiger partial charge is 0.256 e. The molecule has 2 saturated heterocycles. The third kappa shape index (κ3) is 3.64. The highest BCUT2D eigenvalue weighted by Crippen LogP contribution is 2.26. The van der Waals surface area contributed by atoms with E-state index in [1.807, 2.05) is 53.4 Å². The molecule has 0 spiro atoms. The van der Waals surface area contributed by atoms with Gasteiger partial charge >= 0.3 is 0 Å². The van der Waals surface area contributed by atoms with Crippen LogP contribution in [0.2, 0.25) is 0 Å². The molecule has 5 rings (SSSR count). The minimum absolute atomic E-state index is 0.0228. The van der Waals surface area contributed by atoms with Crippen molar-refractivity contribution < 1.29 is 14.4 Å². The van der Waals surface area contributed by atoms with Gasteiger partial charge in [-0.05, 0) is 37.3 Å². The number of aromatic nitrogens is 1. The standard InChI is InChI=1S/C25H26N4O3/c1-17(30)18-6-8-20(9-7-18)27-10-12-28(13-11-27)24(31)19-15-29(16-19)25(32)22-14-26-23-5-3-2-4-21(22)23/h2-9,14,19,26H,10-13,15-16H2,1H3. The highest BCUT2D eigenvalue weighted by molar-refractivity contribution is 6.07. The Kier molecular flexibility index (Phi) is 5.17. The number of H-pyrrole nitrogens is 1. The number of ketones is 1. The van der Waals surface area contributed by atoms with Gasteiger partial charge in [0.05, 0.1) is 11.5 Å². The molecule has 0 unspecified atom stereocenters. The zero-order valence-electron chi connectivity index (χ0n) is 18.1. The van der Waals surface area contributed by atoms with Gasteiger partial charge in [-0.25, -0.2) is 0 Å². The topological polar surface area (TPSA) is 76.7 Å². The number of likely N-dealkylation sites (tertiary alicyclic amines) is 1. The maximum atomic E-state index is 12.9. The van der Waals surface area contributed by atoms with Crippen molar-refractivity contribution in [3.05, 3.63) is 65.9 Å². The highest BCUT2D eigenvalue weighted by Gasteiger charge is 2.39. The maximum Gasteiger partial charge on any atom is 0.256 e. The van der Waals surface area contributed by atoms with Crippen LogP contribution in [0, 0.1) is 5.92 Å². The second-order valence-corrected chi connectivity index (χ2v) is 8.57. The number of hydrogen-bond donors (Lipinski definition) is 1. The molecule has 0 bridgehead atoms. The van der Waals surface area contributed by atoms with Crippen molar-refractivity contribution in [1.29, 1.82) is 0 Å². The molecule has 0 atom stereocenters. The van der Waals surface area contributed by atoms with Crippen molar-refractivity contribution >= 4 is 34.2 Å². The first-order valence-corrected chi connectivity index (χ1v) is 11.0. The van der Waals surface area contributed by atoms with Gasteiger partial charge in [-0.2, -0.15) is 0 Å². The lowest BCUT2D eigenvalue weighted by Gasteiger charge is -2.43. The van der Waals surface area contributed by atoms with Gasteiger partial charge < -0.3 is 19.7 Å². The number of benzene rings is 2. The SMILES string of the molecule is CC(=O)c1ccc(N2CCN(C(=O)C3CN(C(=O)c4c[nH]c5ccccc45)C3)CC2)cc1. The second kappa shape index (κ2) is 8.15. The molecule has 2 aliphatic rings. The van der Waals surface area contributed by atoms with E-state index in [-0.39, 0.29) is 23.5 Å². The number of anilines is 1. The number of para-hydroxylation sites is 1. The Labute approximate surface area is 186 Å². The molecule has 7 nitrogen and oxygen atoms in total. The number of piperazine rings is 1. The molecule has 0 radical (unpaired) electrons. The van der Waals surface area contributed by atoms with E-state index in [0.717, 1.165) is 29.7 Å². The molecule has 164 valence electrons. The summed E-state index contributed by atoms with van der Waals surface area (Å²) < 4.78 is 0. The van der Waals surface area contributed by atoms with E-state index in [0.29, 0.717) is 37.3 Å². The number of carbonyl (C=O) groups is 3. The fourth-order valence-electron chi connectivity index (χ4n) is 4.57. The molecule has 2 amide bonds. The molecule has 0 saturated carbocycles. The minimum Gasteiger partial charge on any atom is -0.368 e. The van der Waals surface area contributed by atoms with Crippen molar-refractivity contribution in [3.8, 4) is 0 Å². The molecular formula is C25H26N4O3. The van der Waals surface area contributed by atoms with Gasteiger partial charge in [0.2, 0.25) is 5.91 Å². The first-order valence-electron chi connectivity index (χ1n) is 11.0. The Morgan fingerprint density at radius 3 is 2.25 bits per heavy atom. The number of carbonyl (C=O) groups excluding carboxylic acids is 3. The van der Waals surface area contributed by atoms with Gasteiger partial charge in [-0.3, -0.25) is 14.4 Å². The van der Waals surface area contributed by atoms with E-state index in [1.165, 1.54) is 0 Å². The number of nitrogens with one attached hydrogen (secondary N) is 1. The number of nitrogens with zero attached hydrogens (tertiary/aromatic N) is 3. The molecule has 3 heterocycles. The summed E-state index contributed by atoms with van der Waals surface area (Å²) in [6.45, 7) is 5.37. The fourth-order valence-corrected chi connectivity index (χ4v) is 4.57. The van der Waals surface area contributed by atoms with E-state index in [9.17, 15) is 14.4 Å². The molecule has 2 aromatic carbocycles. The average Bonchev–Trinajstić information content (AvgIpc) is 3.22. The van der Waals surface area contributed by atoms with Crippen LogP contribution in [0.5, 0.6) is 0 Å². The first-order chi connectivity index (χ1) is 15.5. The Bertz CT molecular complexity index is 1170. The van der Waals surface area contributed by atoms with Crippen molar-refractivity contribution in [3.63, 3.8) is 0 Å². The van der Waals surface area contributed by atoms with Gasteiger partial charge in [0.25, 0.3) is 5.91 Å². The fraction of sp³-hybridized carbons (Fsp3) is 0.320. The first kappa shape index (κ1) is 20.3. The van der Waals surface area contributed by atoms with Crippen molar-refractivity contribution in [2.45, 2.75) is 6.92 Å². The van der Waals surface area contributed by atoms with E-state index in [2.05, 4.69) is 9.88 Å². The normalized spacial score (nSPS) is 16.8. The Balaban J connectivity index is 1.14. The quantitative estimate of drug-likeness (QED) is 0.646. The Morgan fingerprint density at radius 1 is 0.875 bits per heavy atom. The van der Waals surface area contributed by atoms with Gasteiger partial charge in [-0.15, -0.1) is 0 Å². The molecule has 7 heteroatoms. The highest BCUT2D eigenvalue weighted by atomic mass is 16.2. The maximum absolute atomic E-state index is 12.9. The number of aromatic amines is 1. The number of rotatable bonds is 4. The number of fused-ring (bicyclic) bond motifs is 1. The predicted octanol–water partition coefficient (Wildman–Crippen LogP) is 2.79. The van der Waals surface area contributed by atoms with Gasteiger partial charge in [0.1, 0.15) is 0 Å². The Morgan fingerprint density at radius 2 is 1.56 bits per heavy atom. The van der Waals surface area contributed by atoms with E-state index >= 15 is 0 Å². The molecule has 2 aliphatic heterocycles. The summed E-state index contributed by atoms with van der Waals surface area (Å²) in [6.07, 6.45) is 1.75. The number of hydrogen-bond acceptors (Lipinski definition) is 4. The molecular weight excluding hydrogens is 404 g/mol. The minimum atomic E-state index is -0.120. The largest absolute Gasteiger partial charge is 0.368 e. The van der Waals surface area contributed by atoms with Gasteiger partial charge in [0.15, 0.2) is 5.78 Å². The molecule has 2 fully saturated rings. The lowest BCUT2D eigenvalue weighted by molar-refractivity contribution is -0.140. The van der Waals surface area contributed by atoms with Crippen LogP contribution in [0.3, 0.4) is 0 Å². The summed E-state index contributed by atoms with van der Waals surface area (Å²) >= 11 is 0. The van der Waals surface area contributed by atoms with Gasteiger partial charge in [0, 0.05) is 67.6 Å². The summed E-state index contributed by atoms with van der Waals surface area (Å²) in [5.41, 5.74) is 3.38. The molecule has 1 N–H and O–H groups in total. The van der Waals surface area contributed by atoms with E-state index < -0.39 is 0 Å². The van der Waals surface area contributed by atoms with Crippen LogP contribution < -0.4 is 4.90 Å². The lowest BCUT2D eigenvalue weighted by atomic mass is 9.96. The number of amides is 2. The molecule has 3 aromatic rings. The summed E-state index contributed by atoms with van der Waals surface area (Å²) in [5, 5.41) is 0.916. The molecule has 0 aliphatic carbocycles. The average molecular weight is 431 g/mol. The zero-order chi connectivity index (χ0) is 22.2. The predicted molar refractivity (Wildman–Crippen MR) is 123 cm³/mol. The van der Waals surface area contributed by atoms with Gasteiger partial charge in [-0.1, -0.05) is 18.2 Å². The van der Waals surface area contributed by atoms with Crippen molar-refractivity contribution in [2.75, 3.05) is 44.2 Å². The Hall–Kier alpha value is -3.61. The monoisotopic (exact) mass is 430 g/mol. The third-order valence-corrected chi connectivity index (χ3v) is 6.57. The van der Waals surface area contributed by atoms with Crippen LogP contribution in [-0.4, -0.2) is 71.6 Å². The third-order valence-electron chi connectivity index (χ3n) is 6.57. The zero-order valence-corrected chi connectivity index (χ0v) is 18.1. The molecule has 32 heavy (non-hydrogen) atoms. The number of Topliss-reactive ketones (excluding diaryl/α,β-unsaturated/α-hetero) is 1. The van der Waals surface area contributed by atoms with Crippen LogP contribution in [0.1, 0.15) is 27.6 Å². The second-order valence-electron chi connectivity index (χ2n) is 8.57. The van der Waals surface area contributed by atoms with Crippen LogP contribution in [0.4, 0.5) is 5.69 Å². The van der Waals surface area contributed by atoms with Crippen LogP contribution in [0.25, 0.3) is 10.9 Å². The van der Waals surface area contributed by atoms with Crippen molar-refractivity contribution in [2.24, 2.45) is 5.92 Å². The van der Waals surface area contributed by atoms with Crippen LogP contribution >= 0.6 is 0 Å².